The SMILES string of the molecule is C#CCN(C)CC(=O)c1cc2cc(Br)ccc2[nH]1. The van der Waals surface area contributed by atoms with Gasteiger partial charge in [0.05, 0.1) is 18.8 Å². The first-order valence-corrected chi connectivity index (χ1v) is 6.33. The van der Waals surface area contributed by atoms with Crippen LogP contribution in [0.25, 0.3) is 10.9 Å². The van der Waals surface area contributed by atoms with Gasteiger partial charge in [0.1, 0.15) is 0 Å². The molecule has 1 aromatic heterocycles. The Morgan fingerprint density at radius 3 is 3.00 bits per heavy atom. The number of aromatic nitrogens is 1. The number of aromatic amines is 1. The van der Waals surface area contributed by atoms with E-state index in [1.54, 1.807) is 0 Å². The molecule has 0 aliphatic heterocycles. The Labute approximate surface area is 114 Å². The number of likely N-dealkylation sites (N-methyl/N-ethyl adjacent to an activating group) is 1. The molecule has 0 radical (unpaired) electrons. The molecule has 0 atom stereocenters. The van der Waals surface area contributed by atoms with Gasteiger partial charge in [-0.3, -0.25) is 9.69 Å². The number of nitrogens with zero attached hydrogens (tertiary/aromatic N) is 1. The molecule has 4 heteroatoms. The number of hydrogen-bond donors (Lipinski definition) is 1. The largest absolute Gasteiger partial charge is 0.352 e. The third-order valence-corrected chi connectivity index (χ3v) is 3.15. The number of terminal acetylenes is 1. The number of H-pyrrole nitrogens is 1. The first-order valence-electron chi connectivity index (χ1n) is 5.53. The lowest BCUT2D eigenvalue weighted by Gasteiger charge is -2.10. The van der Waals surface area contributed by atoms with Crippen LogP contribution in [0.3, 0.4) is 0 Å². The third kappa shape index (κ3) is 2.81. The normalized spacial score (nSPS) is 10.8. The van der Waals surface area contributed by atoms with Crippen LogP contribution in [0.4, 0.5) is 0 Å². The molecule has 0 spiro atoms. The number of fused-ring (bicyclic) bond motifs is 1. The van der Waals surface area contributed by atoms with Crippen molar-refractivity contribution in [3.05, 3.63) is 34.4 Å². The van der Waals surface area contributed by atoms with E-state index in [2.05, 4.69) is 26.8 Å². The van der Waals surface area contributed by atoms with Gasteiger partial charge in [0, 0.05) is 15.4 Å². The first-order chi connectivity index (χ1) is 8.60. The highest BCUT2D eigenvalue weighted by atomic mass is 79.9. The minimum atomic E-state index is 0.0417. The molecule has 0 fully saturated rings. The van der Waals surface area contributed by atoms with Gasteiger partial charge in [-0.1, -0.05) is 21.9 Å². The van der Waals surface area contributed by atoms with Crippen LogP contribution in [-0.2, 0) is 0 Å². The number of hydrogen-bond acceptors (Lipinski definition) is 2. The zero-order chi connectivity index (χ0) is 13.1. The lowest BCUT2D eigenvalue weighted by Crippen LogP contribution is -2.26. The van der Waals surface area contributed by atoms with E-state index in [9.17, 15) is 4.79 Å². The summed E-state index contributed by atoms with van der Waals surface area (Å²) in [6.07, 6.45) is 5.21. The quantitative estimate of drug-likeness (QED) is 0.696. The minimum Gasteiger partial charge on any atom is -0.352 e. The Morgan fingerprint density at radius 1 is 1.50 bits per heavy atom. The van der Waals surface area contributed by atoms with Gasteiger partial charge < -0.3 is 4.98 Å². The second-order valence-corrected chi connectivity index (χ2v) is 5.13. The predicted octanol–water partition coefficient (Wildman–Crippen LogP) is 2.68. The molecule has 1 aromatic carbocycles. The molecule has 2 aromatic rings. The molecule has 1 N–H and O–H groups in total. The Morgan fingerprint density at radius 2 is 2.28 bits per heavy atom. The second-order valence-electron chi connectivity index (χ2n) is 4.21. The van der Waals surface area contributed by atoms with Gasteiger partial charge in [0.15, 0.2) is 5.78 Å². The molecule has 0 unspecified atom stereocenters. The fourth-order valence-electron chi connectivity index (χ4n) is 1.80. The highest BCUT2D eigenvalue weighted by Crippen LogP contribution is 2.20. The Bertz CT molecular complexity index is 624. The molecule has 3 nitrogen and oxygen atoms in total. The third-order valence-electron chi connectivity index (χ3n) is 2.66. The summed E-state index contributed by atoms with van der Waals surface area (Å²) in [5, 5.41) is 1.02. The number of rotatable bonds is 4. The van der Waals surface area contributed by atoms with Crippen molar-refractivity contribution in [1.82, 2.24) is 9.88 Å². The lowest BCUT2D eigenvalue weighted by atomic mass is 10.2. The van der Waals surface area contributed by atoms with Gasteiger partial charge in [0.2, 0.25) is 0 Å². The van der Waals surface area contributed by atoms with Gasteiger partial charge in [-0.2, -0.15) is 0 Å². The van der Waals surface area contributed by atoms with Gasteiger partial charge in [-0.05, 0) is 31.3 Å². The first kappa shape index (κ1) is 12.9. The van der Waals surface area contributed by atoms with E-state index in [1.165, 1.54) is 0 Å². The predicted molar refractivity (Wildman–Crippen MR) is 76.7 cm³/mol. The standard InChI is InChI=1S/C14H13BrN2O/c1-3-6-17(2)9-14(18)13-8-10-7-11(15)4-5-12(10)16-13/h1,4-5,7-8,16H,6,9H2,2H3. The second kappa shape index (κ2) is 5.38. The van der Waals surface area contributed by atoms with E-state index in [0.717, 1.165) is 15.4 Å². The molecule has 2 rings (SSSR count). The van der Waals surface area contributed by atoms with Crippen LogP contribution in [0.5, 0.6) is 0 Å². The van der Waals surface area contributed by atoms with Crippen molar-refractivity contribution >= 4 is 32.6 Å². The Balaban J connectivity index is 2.21. The summed E-state index contributed by atoms with van der Waals surface area (Å²) in [7, 11) is 1.83. The Kier molecular flexibility index (Phi) is 3.85. The van der Waals surface area contributed by atoms with Crippen LogP contribution in [0.1, 0.15) is 10.5 Å². The lowest BCUT2D eigenvalue weighted by molar-refractivity contribution is 0.0948. The number of carbonyl (C=O) groups is 1. The maximum absolute atomic E-state index is 12.0. The smallest absolute Gasteiger partial charge is 0.192 e. The average molecular weight is 305 g/mol. The van der Waals surface area contributed by atoms with Gasteiger partial charge in [0.25, 0.3) is 0 Å². The summed E-state index contributed by atoms with van der Waals surface area (Å²) in [4.78, 5) is 17.0. The van der Waals surface area contributed by atoms with Crippen molar-refractivity contribution in [3.8, 4) is 12.3 Å². The summed E-state index contributed by atoms with van der Waals surface area (Å²) < 4.78 is 0.998. The van der Waals surface area contributed by atoms with Crippen LogP contribution < -0.4 is 0 Å². The molecular formula is C14H13BrN2O. The van der Waals surface area contributed by atoms with Crippen LogP contribution in [-0.4, -0.2) is 35.8 Å². The molecular weight excluding hydrogens is 292 g/mol. The number of benzene rings is 1. The summed E-state index contributed by atoms with van der Waals surface area (Å²) in [6, 6.07) is 7.73. The molecule has 0 amide bonds. The van der Waals surface area contributed by atoms with Crippen molar-refractivity contribution < 1.29 is 4.79 Å². The van der Waals surface area contributed by atoms with E-state index in [-0.39, 0.29) is 5.78 Å². The van der Waals surface area contributed by atoms with Crippen LogP contribution in [0.15, 0.2) is 28.7 Å². The topological polar surface area (TPSA) is 36.1 Å². The van der Waals surface area contributed by atoms with Gasteiger partial charge in [-0.25, -0.2) is 0 Å². The van der Waals surface area contributed by atoms with E-state index in [0.29, 0.717) is 18.8 Å². The summed E-state index contributed by atoms with van der Waals surface area (Å²) in [6.45, 7) is 0.787. The van der Waals surface area contributed by atoms with Crippen molar-refractivity contribution in [3.63, 3.8) is 0 Å². The highest BCUT2D eigenvalue weighted by Gasteiger charge is 2.11. The zero-order valence-electron chi connectivity index (χ0n) is 10.0. The highest BCUT2D eigenvalue weighted by molar-refractivity contribution is 9.10. The fourth-order valence-corrected chi connectivity index (χ4v) is 2.17. The molecule has 18 heavy (non-hydrogen) atoms. The zero-order valence-corrected chi connectivity index (χ0v) is 11.6. The van der Waals surface area contributed by atoms with Gasteiger partial charge in [-0.15, -0.1) is 6.42 Å². The number of carbonyl (C=O) groups excluding carboxylic acids is 1. The molecule has 0 bridgehead atoms. The van der Waals surface area contributed by atoms with Crippen LogP contribution in [0, 0.1) is 12.3 Å². The molecule has 0 aliphatic carbocycles. The molecule has 0 saturated carbocycles. The number of nitrogens with one attached hydrogen (secondary N) is 1. The maximum atomic E-state index is 12.0. The number of Topliss-reactive ketones (excluding diaryl/α,β-unsaturated/α-hetero) is 1. The monoisotopic (exact) mass is 304 g/mol. The number of ketones is 1. The molecule has 0 saturated heterocycles. The van der Waals surface area contributed by atoms with Crippen molar-refractivity contribution in [2.75, 3.05) is 20.1 Å². The number of halogens is 1. The van der Waals surface area contributed by atoms with E-state index in [1.807, 2.05) is 36.2 Å². The fraction of sp³-hybridized carbons (Fsp3) is 0.214. The summed E-state index contributed by atoms with van der Waals surface area (Å²) >= 11 is 3.41. The van der Waals surface area contributed by atoms with Crippen molar-refractivity contribution in [2.24, 2.45) is 0 Å². The van der Waals surface area contributed by atoms with E-state index >= 15 is 0 Å². The van der Waals surface area contributed by atoms with Crippen LogP contribution in [0.2, 0.25) is 0 Å². The van der Waals surface area contributed by atoms with Crippen molar-refractivity contribution in [1.29, 1.82) is 0 Å². The summed E-state index contributed by atoms with van der Waals surface area (Å²) in [5.74, 6) is 2.56. The average Bonchev–Trinajstić information content (AvgIpc) is 2.72. The van der Waals surface area contributed by atoms with E-state index < -0.39 is 0 Å². The van der Waals surface area contributed by atoms with Crippen molar-refractivity contribution in [2.45, 2.75) is 0 Å². The molecule has 0 aliphatic rings. The minimum absolute atomic E-state index is 0.0417. The molecule has 1 heterocycles. The van der Waals surface area contributed by atoms with Gasteiger partial charge >= 0.3 is 0 Å². The van der Waals surface area contributed by atoms with Crippen LogP contribution >= 0.6 is 15.9 Å². The maximum Gasteiger partial charge on any atom is 0.192 e. The summed E-state index contributed by atoms with van der Waals surface area (Å²) in [5.41, 5.74) is 1.58. The van der Waals surface area contributed by atoms with E-state index in [4.69, 9.17) is 6.42 Å². The molecule has 92 valence electrons. The Hall–Kier alpha value is -1.57.